The van der Waals surface area contributed by atoms with Crippen molar-refractivity contribution in [3.8, 4) is 5.75 Å². The molecule has 2 unspecified atom stereocenters. The van der Waals surface area contributed by atoms with E-state index in [0.717, 1.165) is 11.1 Å². The summed E-state index contributed by atoms with van der Waals surface area (Å²) in [6.45, 7) is 4.45. The molecule has 0 bridgehead atoms. The third-order valence-corrected chi connectivity index (χ3v) is 6.40. The highest BCUT2D eigenvalue weighted by Gasteiger charge is 2.32. The average Bonchev–Trinajstić information content (AvgIpc) is 2.59. The number of fused-ring (bicyclic) bond motifs is 2. The lowest BCUT2D eigenvalue weighted by Gasteiger charge is -2.27. The average molecular weight is 424 g/mol. The van der Waals surface area contributed by atoms with E-state index in [4.69, 9.17) is 4.74 Å². The predicted molar refractivity (Wildman–Crippen MR) is 105 cm³/mol. The van der Waals surface area contributed by atoms with Crippen molar-refractivity contribution >= 4 is 16.6 Å². The lowest BCUT2D eigenvalue weighted by molar-refractivity contribution is -0.873. The Labute approximate surface area is 174 Å². The van der Waals surface area contributed by atoms with Crippen LogP contribution in [0.5, 0.6) is 5.75 Å². The van der Waals surface area contributed by atoms with Crippen molar-refractivity contribution in [2.75, 3.05) is 34.3 Å². The molecular weight excluding hydrogens is 398 g/mol. The van der Waals surface area contributed by atoms with Crippen LogP contribution in [0.1, 0.15) is 27.0 Å². The smallest absolute Gasteiger partial charge is 0.195 e. The number of nitrogens with zero attached hydrogens (tertiary/aromatic N) is 1. The molecule has 2 aromatic carbocycles. The second kappa shape index (κ2) is 8.33. The Bertz CT molecular complexity index is 937. The van der Waals surface area contributed by atoms with E-state index >= 15 is 0 Å². The molecule has 0 saturated carbocycles. The van der Waals surface area contributed by atoms with Crippen molar-refractivity contribution in [2.45, 2.75) is 29.7 Å². The molecule has 2 aromatic rings. The maximum atomic E-state index is 13.0. The van der Waals surface area contributed by atoms with Crippen molar-refractivity contribution < 1.29 is 35.7 Å². The monoisotopic (exact) mass is 423 g/mol. The van der Waals surface area contributed by atoms with Gasteiger partial charge in [0.15, 0.2) is 5.78 Å². The van der Waals surface area contributed by atoms with E-state index in [0.29, 0.717) is 37.7 Å². The molecule has 0 aromatic heterocycles. The molecule has 1 aliphatic rings. The van der Waals surface area contributed by atoms with Gasteiger partial charge in [0, 0.05) is 11.1 Å². The number of ketones is 1. The van der Waals surface area contributed by atoms with Crippen LogP contribution in [0.4, 0.5) is 0 Å². The van der Waals surface area contributed by atoms with Gasteiger partial charge in [-0.05, 0) is 43.2 Å². The van der Waals surface area contributed by atoms with Gasteiger partial charge in [0.2, 0.25) is 0 Å². The van der Waals surface area contributed by atoms with Gasteiger partial charge in [-0.1, -0.05) is 12.1 Å². The molecule has 152 valence electrons. The largest absolute Gasteiger partial charge is 1.00 e. The van der Waals surface area contributed by atoms with Crippen LogP contribution < -0.4 is 17.1 Å². The highest BCUT2D eigenvalue weighted by molar-refractivity contribution is 7.85. The number of aliphatic hydroxyl groups excluding tert-OH is 1. The maximum absolute atomic E-state index is 13.0. The van der Waals surface area contributed by atoms with Crippen molar-refractivity contribution in [1.82, 2.24) is 0 Å². The quantitative estimate of drug-likeness (QED) is 0.560. The Balaban J connectivity index is 0.00000280. The first-order valence-corrected chi connectivity index (χ1v) is 10.1. The maximum Gasteiger partial charge on any atom is 0.195 e. The summed E-state index contributed by atoms with van der Waals surface area (Å²) in [7, 11) is 4.61. The van der Waals surface area contributed by atoms with Crippen LogP contribution in [0, 0.1) is 13.8 Å². The second-order valence-electron chi connectivity index (χ2n) is 8.03. The molecule has 0 spiro atoms. The van der Waals surface area contributed by atoms with Crippen LogP contribution in [-0.2, 0) is 10.8 Å². The molecule has 1 aliphatic heterocycles. The van der Waals surface area contributed by atoms with Crippen LogP contribution in [-0.4, -0.2) is 60.0 Å². The third-order valence-electron chi connectivity index (χ3n) is 4.74. The minimum Gasteiger partial charge on any atom is -1.00 e. The Morgan fingerprint density at radius 1 is 1.11 bits per heavy atom. The topological polar surface area (TPSA) is 63.6 Å². The van der Waals surface area contributed by atoms with Gasteiger partial charge in [0.25, 0.3) is 0 Å². The number of rotatable bonds is 5. The number of carbonyl (C=O) groups excluding carboxylic acids is 1. The number of hydrogen-bond donors (Lipinski definition) is 1. The lowest BCUT2D eigenvalue weighted by Crippen LogP contribution is -3.00. The van der Waals surface area contributed by atoms with E-state index < -0.39 is 16.9 Å². The van der Waals surface area contributed by atoms with Gasteiger partial charge in [0.1, 0.15) is 25.0 Å². The zero-order chi connectivity index (χ0) is 19.9. The Morgan fingerprint density at radius 2 is 1.75 bits per heavy atom. The molecule has 1 N–H and O–H groups in total. The molecule has 2 atom stereocenters. The molecule has 3 rings (SSSR count). The summed E-state index contributed by atoms with van der Waals surface area (Å²) in [5.41, 5.74) is 2.53. The molecular formula is C21H26ClNO4S. The molecule has 0 fully saturated rings. The fraction of sp³-hybridized carbons (Fsp3) is 0.381. The van der Waals surface area contributed by atoms with Crippen LogP contribution in [0.25, 0.3) is 0 Å². The van der Waals surface area contributed by atoms with Gasteiger partial charge in [-0.3, -0.25) is 4.79 Å². The molecule has 0 amide bonds. The highest BCUT2D eigenvalue weighted by atomic mass is 35.5. The van der Waals surface area contributed by atoms with Gasteiger partial charge in [-0.2, -0.15) is 0 Å². The normalized spacial score (nSPS) is 16.6. The predicted octanol–water partition coefficient (Wildman–Crippen LogP) is -0.536. The van der Waals surface area contributed by atoms with E-state index in [2.05, 4.69) is 0 Å². The molecule has 0 aliphatic carbocycles. The molecule has 0 radical (unpaired) electrons. The number of aliphatic hydroxyl groups is 1. The van der Waals surface area contributed by atoms with E-state index in [1.165, 1.54) is 0 Å². The first-order valence-electron chi connectivity index (χ1n) is 8.91. The standard InChI is InChI=1S/C21H26NO4S.ClH/c1-13-14(2)21-17(10-18(13)26-12-15(23)11-22(3,4)5)20(24)16-8-6-7-9-19(16)27(21)25;/h6-10,15,23H,11-12H2,1-5H3;1H/q+1;/p-1. The zero-order valence-electron chi connectivity index (χ0n) is 16.8. The molecule has 7 heteroatoms. The van der Waals surface area contributed by atoms with Gasteiger partial charge in [-0.15, -0.1) is 0 Å². The number of halogens is 1. The first kappa shape index (κ1) is 22.6. The van der Waals surface area contributed by atoms with Gasteiger partial charge < -0.3 is 26.7 Å². The fourth-order valence-electron chi connectivity index (χ4n) is 3.36. The molecule has 28 heavy (non-hydrogen) atoms. The fourth-order valence-corrected chi connectivity index (χ4v) is 4.93. The number of likely N-dealkylation sites (N-methyl/N-ethyl adjacent to an activating group) is 1. The van der Waals surface area contributed by atoms with Gasteiger partial charge >= 0.3 is 0 Å². The van der Waals surface area contributed by atoms with E-state index in [1.54, 1.807) is 30.3 Å². The third kappa shape index (κ3) is 4.30. The summed E-state index contributed by atoms with van der Waals surface area (Å²) in [5, 5.41) is 10.2. The number of quaternary nitrogens is 1. The summed E-state index contributed by atoms with van der Waals surface area (Å²) in [5.74, 6) is 0.413. The Kier molecular flexibility index (Phi) is 6.71. The number of hydrogen-bond acceptors (Lipinski definition) is 4. The highest BCUT2D eigenvalue weighted by Crippen LogP contribution is 2.38. The van der Waals surface area contributed by atoms with Gasteiger partial charge in [-0.25, -0.2) is 4.21 Å². The summed E-state index contributed by atoms with van der Waals surface area (Å²) >= 11 is 0. The Hall–Kier alpha value is -1.73. The lowest BCUT2D eigenvalue weighted by atomic mass is 9.97. The number of ether oxygens (including phenoxy) is 1. The van der Waals surface area contributed by atoms with Gasteiger partial charge in [0.05, 0.1) is 41.7 Å². The molecule has 1 heterocycles. The summed E-state index contributed by atoms with van der Waals surface area (Å²) < 4.78 is 19.5. The van der Waals surface area contributed by atoms with E-state index in [9.17, 15) is 14.1 Å². The second-order valence-corrected chi connectivity index (χ2v) is 9.42. The minimum atomic E-state index is -1.40. The van der Waals surface area contributed by atoms with E-state index in [1.807, 2.05) is 35.0 Å². The van der Waals surface area contributed by atoms with Crippen LogP contribution in [0.15, 0.2) is 40.1 Å². The minimum absolute atomic E-state index is 0. The van der Waals surface area contributed by atoms with Crippen LogP contribution >= 0.6 is 0 Å². The summed E-state index contributed by atoms with van der Waals surface area (Å²) in [6, 6.07) is 8.70. The van der Waals surface area contributed by atoms with E-state index in [-0.39, 0.29) is 24.8 Å². The van der Waals surface area contributed by atoms with Crippen molar-refractivity contribution in [2.24, 2.45) is 0 Å². The van der Waals surface area contributed by atoms with Crippen molar-refractivity contribution in [3.63, 3.8) is 0 Å². The number of carbonyl (C=O) groups is 1. The molecule has 5 nitrogen and oxygen atoms in total. The van der Waals surface area contributed by atoms with Crippen molar-refractivity contribution in [3.05, 3.63) is 52.6 Å². The summed E-state index contributed by atoms with van der Waals surface area (Å²) in [4.78, 5) is 14.1. The van der Waals surface area contributed by atoms with Crippen molar-refractivity contribution in [1.29, 1.82) is 0 Å². The number of benzene rings is 2. The SMILES string of the molecule is Cc1c(OCC(O)C[N+](C)(C)C)cc2c(c1C)S(=O)c1ccccc1C2=O.[Cl-]. The summed E-state index contributed by atoms with van der Waals surface area (Å²) in [6.07, 6.45) is -0.619. The van der Waals surface area contributed by atoms with Crippen LogP contribution in [0.3, 0.4) is 0 Å². The molecule has 0 saturated heterocycles. The Morgan fingerprint density at radius 3 is 2.39 bits per heavy atom. The van der Waals surface area contributed by atoms with Crippen LogP contribution in [0.2, 0.25) is 0 Å². The zero-order valence-corrected chi connectivity index (χ0v) is 18.4. The first-order chi connectivity index (χ1) is 12.6.